The molecule has 1 amide bonds. The van der Waals surface area contributed by atoms with Crippen LogP contribution in [0.1, 0.15) is 34.7 Å². The number of aryl methyl sites for hydroxylation is 2. The molecule has 0 radical (unpaired) electrons. The lowest BCUT2D eigenvalue weighted by atomic mass is 10.0. The minimum atomic E-state index is -0.523. The number of benzene rings is 3. The summed E-state index contributed by atoms with van der Waals surface area (Å²) in [6.07, 6.45) is 1.71. The normalized spacial score (nSPS) is 11.1. The average Bonchev–Trinajstić information content (AvgIpc) is 2.78. The lowest BCUT2D eigenvalue weighted by Gasteiger charge is -2.14. The van der Waals surface area contributed by atoms with Gasteiger partial charge in [-0.2, -0.15) is 5.26 Å². The summed E-state index contributed by atoms with van der Waals surface area (Å²) in [7, 11) is 0. The van der Waals surface area contributed by atoms with Gasteiger partial charge in [0.2, 0.25) is 0 Å². The number of anilines is 1. The van der Waals surface area contributed by atoms with Gasteiger partial charge >= 0.3 is 0 Å². The average molecular weight is 463 g/mol. The maximum Gasteiger partial charge on any atom is 0.266 e. The largest absolute Gasteiger partial charge is 0.494 e. The highest BCUT2D eigenvalue weighted by Gasteiger charge is 2.15. The monoisotopic (exact) mass is 462 g/mol. The number of halogens is 2. The molecule has 0 fully saturated rings. The van der Waals surface area contributed by atoms with Gasteiger partial charge in [0.1, 0.15) is 23.2 Å². The van der Waals surface area contributed by atoms with E-state index in [9.17, 15) is 14.4 Å². The zero-order valence-electron chi connectivity index (χ0n) is 18.7. The summed E-state index contributed by atoms with van der Waals surface area (Å²) in [5.41, 5.74) is 4.35. The van der Waals surface area contributed by atoms with Crippen LogP contribution in [0.2, 0.25) is 5.02 Å². The Kier molecular flexibility index (Phi) is 7.87. The third-order valence-electron chi connectivity index (χ3n) is 5.24. The lowest BCUT2D eigenvalue weighted by molar-refractivity contribution is -0.112. The molecule has 168 valence electrons. The number of nitrogens with one attached hydrogen (secondary N) is 1. The second-order valence-corrected chi connectivity index (χ2v) is 8.01. The van der Waals surface area contributed by atoms with Crippen LogP contribution in [0.5, 0.6) is 5.75 Å². The quantitative estimate of drug-likeness (QED) is 0.316. The molecule has 3 rings (SSSR count). The smallest absolute Gasteiger partial charge is 0.266 e. The molecule has 0 saturated carbocycles. The number of amides is 1. The van der Waals surface area contributed by atoms with Gasteiger partial charge in [0.05, 0.1) is 6.61 Å². The van der Waals surface area contributed by atoms with Crippen LogP contribution >= 0.6 is 11.6 Å². The van der Waals surface area contributed by atoms with E-state index in [0.717, 1.165) is 11.1 Å². The first kappa shape index (κ1) is 24.0. The summed E-state index contributed by atoms with van der Waals surface area (Å²) in [5.74, 6) is -0.369. The van der Waals surface area contributed by atoms with E-state index >= 15 is 0 Å². The molecule has 0 bridgehead atoms. The van der Waals surface area contributed by atoms with Crippen LogP contribution in [0.15, 0.2) is 60.2 Å². The highest BCUT2D eigenvalue weighted by Crippen LogP contribution is 2.32. The van der Waals surface area contributed by atoms with E-state index in [1.54, 1.807) is 36.4 Å². The van der Waals surface area contributed by atoms with Gasteiger partial charge in [-0.25, -0.2) is 4.39 Å². The molecule has 3 aromatic carbocycles. The molecule has 0 heterocycles. The second kappa shape index (κ2) is 10.8. The molecular formula is C27H24ClFN2O2. The van der Waals surface area contributed by atoms with E-state index in [-0.39, 0.29) is 17.8 Å². The van der Waals surface area contributed by atoms with Gasteiger partial charge in [0.15, 0.2) is 0 Å². The summed E-state index contributed by atoms with van der Waals surface area (Å²) >= 11 is 6.53. The van der Waals surface area contributed by atoms with Crippen LogP contribution in [-0.4, -0.2) is 12.5 Å². The number of carbonyl (C=O) groups excluding carboxylic acids is 1. The van der Waals surface area contributed by atoms with Gasteiger partial charge < -0.3 is 10.1 Å². The standard InChI is InChI=1S/C27H24ClFN2O2/c1-4-33-26-14-19(13-24(28)23(26)15-20-7-5-6-8-25(20)29)12-21(16-30)27(32)31-22-10-9-17(2)18(3)11-22/h5-14H,4,15H2,1-3H3,(H,31,32)/b21-12+. The predicted octanol–water partition coefficient (Wildman–Crippen LogP) is 6.63. The van der Waals surface area contributed by atoms with Crippen LogP contribution in [0, 0.1) is 31.0 Å². The fourth-order valence-corrected chi connectivity index (χ4v) is 3.62. The third kappa shape index (κ3) is 6.00. The Morgan fingerprint density at radius 1 is 1.15 bits per heavy atom. The number of hydrogen-bond donors (Lipinski definition) is 1. The molecule has 0 spiro atoms. The van der Waals surface area contributed by atoms with Crippen LogP contribution in [-0.2, 0) is 11.2 Å². The Hall–Kier alpha value is -3.62. The van der Waals surface area contributed by atoms with E-state index in [1.165, 1.54) is 12.1 Å². The van der Waals surface area contributed by atoms with Crippen molar-refractivity contribution in [2.24, 2.45) is 0 Å². The number of carbonyl (C=O) groups is 1. The molecule has 0 aliphatic carbocycles. The molecule has 0 aliphatic rings. The molecule has 0 unspecified atom stereocenters. The van der Waals surface area contributed by atoms with E-state index in [1.807, 2.05) is 39.0 Å². The van der Waals surface area contributed by atoms with Crippen LogP contribution in [0.3, 0.4) is 0 Å². The molecule has 4 nitrogen and oxygen atoms in total. The van der Waals surface area contributed by atoms with Crippen LogP contribution < -0.4 is 10.1 Å². The maximum atomic E-state index is 14.2. The Labute approximate surface area is 198 Å². The number of nitrogens with zero attached hydrogens (tertiary/aromatic N) is 1. The number of ether oxygens (including phenoxy) is 1. The molecule has 0 aliphatic heterocycles. The van der Waals surface area contributed by atoms with E-state index in [4.69, 9.17) is 16.3 Å². The van der Waals surface area contributed by atoms with Gasteiger partial charge in [-0.1, -0.05) is 35.9 Å². The van der Waals surface area contributed by atoms with Crippen molar-refractivity contribution < 1.29 is 13.9 Å². The minimum absolute atomic E-state index is 0.0754. The summed E-state index contributed by atoms with van der Waals surface area (Å²) in [6, 6.07) is 17.3. The second-order valence-electron chi connectivity index (χ2n) is 7.60. The molecule has 3 aromatic rings. The van der Waals surface area contributed by atoms with Crippen LogP contribution in [0.25, 0.3) is 6.08 Å². The summed E-state index contributed by atoms with van der Waals surface area (Å²) < 4.78 is 19.9. The number of rotatable bonds is 7. The molecule has 6 heteroatoms. The van der Waals surface area contributed by atoms with Crippen molar-refractivity contribution in [2.75, 3.05) is 11.9 Å². The van der Waals surface area contributed by atoms with E-state index < -0.39 is 5.91 Å². The van der Waals surface area contributed by atoms with Crippen molar-refractivity contribution >= 4 is 29.3 Å². The first-order valence-corrected chi connectivity index (χ1v) is 10.9. The first-order chi connectivity index (χ1) is 15.8. The highest BCUT2D eigenvalue weighted by atomic mass is 35.5. The fraction of sp³-hybridized carbons (Fsp3) is 0.185. The Balaban J connectivity index is 1.92. The first-order valence-electron chi connectivity index (χ1n) is 10.5. The van der Waals surface area contributed by atoms with Gasteiger partial charge in [0.25, 0.3) is 5.91 Å². The molecule has 0 saturated heterocycles. The number of hydrogen-bond acceptors (Lipinski definition) is 3. The van der Waals surface area contributed by atoms with Crippen molar-refractivity contribution in [1.29, 1.82) is 5.26 Å². The summed E-state index contributed by atoms with van der Waals surface area (Å²) in [6.45, 7) is 6.15. The fourth-order valence-electron chi connectivity index (χ4n) is 3.34. The van der Waals surface area contributed by atoms with E-state index in [2.05, 4.69) is 5.32 Å². The number of nitriles is 1. The molecular weight excluding hydrogens is 439 g/mol. The van der Waals surface area contributed by atoms with Gasteiger partial charge in [-0.05, 0) is 79.4 Å². The van der Waals surface area contributed by atoms with Crippen molar-refractivity contribution in [3.63, 3.8) is 0 Å². The molecule has 0 aromatic heterocycles. The molecule has 33 heavy (non-hydrogen) atoms. The Morgan fingerprint density at radius 2 is 1.91 bits per heavy atom. The summed E-state index contributed by atoms with van der Waals surface area (Å²) in [5, 5.41) is 12.7. The Morgan fingerprint density at radius 3 is 2.58 bits per heavy atom. The predicted molar refractivity (Wildman–Crippen MR) is 130 cm³/mol. The Bertz CT molecular complexity index is 1260. The van der Waals surface area contributed by atoms with Crippen molar-refractivity contribution in [2.45, 2.75) is 27.2 Å². The van der Waals surface area contributed by atoms with Gasteiger partial charge in [-0.15, -0.1) is 0 Å². The zero-order chi connectivity index (χ0) is 24.0. The third-order valence-corrected chi connectivity index (χ3v) is 5.58. The van der Waals surface area contributed by atoms with Crippen molar-refractivity contribution in [3.05, 3.63) is 98.8 Å². The van der Waals surface area contributed by atoms with Crippen molar-refractivity contribution in [3.8, 4) is 11.8 Å². The van der Waals surface area contributed by atoms with Gasteiger partial charge in [0, 0.05) is 22.7 Å². The van der Waals surface area contributed by atoms with Crippen LogP contribution in [0.4, 0.5) is 10.1 Å². The van der Waals surface area contributed by atoms with Crippen molar-refractivity contribution in [1.82, 2.24) is 0 Å². The zero-order valence-corrected chi connectivity index (χ0v) is 19.5. The van der Waals surface area contributed by atoms with Gasteiger partial charge in [-0.3, -0.25) is 4.79 Å². The topological polar surface area (TPSA) is 62.1 Å². The van der Waals surface area contributed by atoms with E-state index in [0.29, 0.717) is 39.8 Å². The highest BCUT2D eigenvalue weighted by molar-refractivity contribution is 6.31. The lowest BCUT2D eigenvalue weighted by Crippen LogP contribution is -2.13. The SMILES string of the molecule is CCOc1cc(/C=C(\C#N)C(=O)Nc2ccc(C)c(C)c2)cc(Cl)c1Cc1ccccc1F. The summed E-state index contributed by atoms with van der Waals surface area (Å²) in [4.78, 5) is 12.7. The molecule has 1 N–H and O–H groups in total. The minimum Gasteiger partial charge on any atom is -0.494 e. The maximum absolute atomic E-state index is 14.2. The molecule has 0 atom stereocenters.